The van der Waals surface area contributed by atoms with Gasteiger partial charge in [0.25, 0.3) is 0 Å². The Kier molecular flexibility index (Phi) is 5.77. The first-order chi connectivity index (χ1) is 13.1. The van der Waals surface area contributed by atoms with E-state index in [1.807, 2.05) is 24.3 Å². The summed E-state index contributed by atoms with van der Waals surface area (Å²) in [6, 6.07) is 10.8. The summed E-state index contributed by atoms with van der Waals surface area (Å²) >= 11 is 6.13. The van der Waals surface area contributed by atoms with Gasteiger partial charge in [-0.15, -0.1) is 5.10 Å². The highest BCUT2D eigenvalue weighted by atomic mass is 35.5. The monoisotopic (exact) mass is 387 g/mol. The number of nitrogens with zero attached hydrogens (tertiary/aromatic N) is 3. The van der Waals surface area contributed by atoms with E-state index in [2.05, 4.69) is 25.8 Å². The molecule has 8 nitrogen and oxygen atoms in total. The topological polar surface area (TPSA) is 90.4 Å². The number of anilines is 4. The van der Waals surface area contributed by atoms with Crippen LogP contribution >= 0.6 is 11.6 Å². The molecule has 3 rings (SSSR count). The molecule has 0 aliphatic carbocycles. The van der Waals surface area contributed by atoms with E-state index in [0.29, 0.717) is 33.8 Å². The Hall–Kier alpha value is -3.26. The van der Waals surface area contributed by atoms with Gasteiger partial charge in [-0.1, -0.05) is 23.7 Å². The zero-order valence-electron chi connectivity index (χ0n) is 15.0. The molecule has 0 atom stereocenters. The molecule has 0 amide bonds. The number of nitrogens with one attached hydrogen (secondary N) is 2. The highest BCUT2D eigenvalue weighted by Crippen LogP contribution is 2.37. The number of rotatable bonds is 7. The molecule has 2 N–H and O–H groups in total. The van der Waals surface area contributed by atoms with Crippen molar-refractivity contribution in [2.75, 3.05) is 32.0 Å². The second kappa shape index (κ2) is 8.41. The maximum atomic E-state index is 6.13. The summed E-state index contributed by atoms with van der Waals surface area (Å²) in [6.07, 6.45) is 1.51. The molecule has 9 heteroatoms. The molecule has 0 spiro atoms. The number of methoxy groups -OCH3 is 3. The van der Waals surface area contributed by atoms with Crippen molar-refractivity contribution >= 4 is 34.7 Å². The third-order valence-electron chi connectivity index (χ3n) is 3.65. The van der Waals surface area contributed by atoms with E-state index in [-0.39, 0.29) is 5.95 Å². The van der Waals surface area contributed by atoms with Crippen molar-refractivity contribution in [2.45, 2.75) is 0 Å². The molecule has 0 bridgehead atoms. The number of ether oxygens (including phenoxy) is 3. The standard InChI is InChI=1S/C18H18ClN5O3/c1-25-14-7-5-4-6-12(14)21-17-10-20-24-18(23-17)22-13-9-15(26-2)11(19)8-16(13)27-3/h4-10H,1-3H3,(H2,21,22,23,24). The van der Waals surface area contributed by atoms with Crippen LogP contribution in [0.4, 0.5) is 23.1 Å². The van der Waals surface area contributed by atoms with Gasteiger partial charge in [-0.05, 0) is 12.1 Å². The third-order valence-corrected chi connectivity index (χ3v) is 3.94. The fourth-order valence-electron chi connectivity index (χ4n) is 2.38. The molecular weight excluding hydrogens is 370 g/mol. The summed E-state index contributed by atoms with van der Waals surface area (Å²) in [5.74, 6) is 2.48. The van der Waals surface area contributed by atoms with Gasteiger partial charge in [-0.2, -0.15) is 10.1 Å². The lowest BCUT2D eigenvalue weighted by atomic mass is 10.2. The Morgan fingerprint density at radius 1 is 0.852 bits per heavy atom. The van der Waals surface area contributed by atoms with Gasteiger partial charge in [0.15, 0.2) is 5.82 Å². The fraction of sp³-hybridized carbons (Fsp3) is 0.167. The molecule has 0 radical (unpaired) electrons. The predicted molar refractivity (Wildman–Crippen MR) is 104 cm³/mol. The van der Waals surface area contributed by atoms with Gasteiger partial charge in [0.05, 0.1) is 43.9 Å². The molecule has 0 aliphatic rings. The lowest BCUT2D eigenvalue weighted by Gasteiger charge is -2.13. The van der Waals surface area contributed by atoms with Crippen LogP contribution in [0.2, 0.25) is 5.02 Å². The van der Waals surface area contributed by atoms with Gasteiger partial charge in [-0.25, -0.2) is 0 Å². The SMILES string of the molecule is COc1cc(Nc2nncc(Nc3ccccc3OC)n2)c(OC)cc1Cl. The van der Waals surface area contributed by atoms with Crippen molar-refractivity contribution in [3.05, 3.63) is 47.6 Å². The summed E-state index contributed by atoms with van der Waals surface area (Å²) in [6.45, 7) is 0. The first kappa shape index (κ1) is 18.5. The number of halogens is 1. The van der Waals surface area contributed by atoms with E-state index >= 15 is 0 Å². The minimum Gasteiger partial charge on any atom is -0.495 e. The molecule has 2 aromatic carbocycles. The Bertz CT molecular complexity index is 939. The van der Waals surface area contributed by atoms with Crippen LogP contribution in [0.5, 0.6) is 17.2 Å². The third kappa shape index (κ3) is 4.29. The van der Waals surface area contributed by atoms with Crippen LogP contribution in [0.25, 0.3) is 0 Å². The molecule has 0 saturated heterocycles. The molecular formula is C18H18ClN5O3. The van der Waals surface area contributed by atoms with Crippen LogP contribution in [0.1, 0.15) is 0 Å². The van der Waals surface area contributed by atoms with Crippen molar-refractivity contribution in [1.82, 2.24) is 15.2 Å². The fourth-order valence-corrected chi connectivity index (χ4v) is 2.61. The van der Waals surface area contributed by atoms with E-state index in [1.54, 1.807) is 26.4 Å². The minimum atomic E-state index is 0.276. The molecule has 140 valence electrons. The molecule has 1 heterocycles. The smallest absolute Gasteiger partial charge is 0.249 e. The van der Waals surface area contributed by atoms with Gasteiger partial charge in [-0.3, -0.25) is 0 Å². The maximum Gasteiger partial charge on any atom is 0.249 e. The van der Waals surface area contributed by atoms with Crippen molar-refractivity contribution < 1.29 is 14.2 Å². The molecule has 0 aliphatic heterocycles. The molecule has 0 saturated carbocycles. The first-order valence-electron chi connectivity index (χ1n) is 7.93. The molecule has 1 aromatic heterocycles. The maximum absolute atomic E-state index is 6.13. The van der Waals surface area contributed by atoms with Gasteiger partial charge in [0, 0.05) is 12.1 Å². The van der Waals surface area contributed by atoms with E-state index < -0.39 is 0 Å². The largest absolute Gasteiger partial charge is 0.495 e. The van der Waals surface area contributed by atoms with Crippen LogP contribution in [-0.2, 0) is 0 Å². The molecule has 27 heavy (non-hydrogen) atoms. The number of aromatic nitrogens is 3. The van der Waals surface area contributed by atoms with E-state index in [9.17, 15) is 0 Å². The van der Waals surface area contributed by atoms with E-state index in [1.165, 1.54) is 13.3 Å². The van der Waals surface area contributed by atoms with Gasteiger partial charge in [0.2, 0.25) is 5.95 Å². The number of benzene rings is 2. The number of hydrogen-bond donors (Lipinski definition) is 2. The molecule has 0 unspecified atom stereocenters. The summed E-state index contributed by atoms with van der Waals surface area (Å²) in [5.41, 5.74) is 1.35. The lowest BCUT2D eigenvalue weighted by Crippen LogP contribution is -2.04. The first-order valence-corrected chi connectivity index (χ1v) is 8.30. The predicted octanol–water partition coefficient (Wildman–Crippen LogP) is 4.04. The van der Waals surface area contributed by atoms with E-state index in [0.717, 1.165) is 5.69 Å². The minimum absolute atomic E-state index is 0.276. The highest BCUT2D eigenvalue weighted by molar-refractivity contribution is 6.32. The summed E-state index contributed by atoms with van der Waals surface area (Å²) in [5, 5.41) is 14.6. The number of para-hydroxylation sites is 2. The Labute approximate surface area is 161 Å². The van der Waals surface area contributed by atoms with Crippen LogP contribution in [0, 0.1) is 0 Å². The van der Waals surface area contributed by atoms with Crippen LogP contribution in [0.3, 0.4) is 0 Å². The Morgan fingerprint density at radius 2 is 1.59 bits per heavy atom. The van der Waals surface area contributed by atoms with Crippen molar-refractivity contribution in [1.29, 1.82) is 0 Å². The van der Waals surface area contributed by atoms with Crippen molar-refractivity contribution in [3.63, 3.8) is 0 Å². The van der Waals surface area contributed by atoms with Crippen LogP contribution < -0.4 is 24.8 Å². The summed E-state index contributed by atoms with van der Waals surface area (Å²) in [4.78, 5) is 4.41. The highest BCUT2D eigenvalue weighted by Gasteiger charge is 2.12. The zero-order valence-corrected chi connectivity index (χ0v) is 15.7. The van der Waals surface area contributed by atoms with Crippen LogP contribution in [-0.4, -0.2) is 36.5 Å². The van der Waals surface area contributed by atoms with Gasteiger partial charge < -0.3 is 24.8 Å². The average molecular weight is 388 g/mol. The molecule has 3 aromatic rings. The average Bonchev–Trinajstić information content (AvgIpc) is 2.69. The zero-order chi connectivity index (χ0) is 19.2. The van der Waals surface area contributed by atoms with Crippen LogP contribution in [0.15, 0.2) is 42.6 Å². The van der Waals surface area contributed by atoms with E-state index in [4.69, 9.17) is 25.8 Å². The van der Waals surface area contributed by atoms with Crippen molar-refractivity contribution in [2.24, 2.45) is 0 Å². The quantitative estimate of drug-likeness (QED) is 0.627. The lowest BCUT2D eigenvalue weighted by molar-refractivity contribution is 0.405. The molecule has 0 fully saturated rings. The van der Waals surface area contributed by atoms with Gasteiger partial charge >= 0.3 is 0 Å². The van der Waals surface area contributed by atoms with Crippen molar-refractivity contribution in [3.8, 4) is 17.2 Å². The number of hydrogen-bond acceptors (Lipinski definition) is 8. The summed E-state index contributed by atoms with van der Waals surface area (Å²) < 4.78 is 15.9. The normalized spacial score (nSPS) is 10.2. The Balaban J connectivity index is 1.86. The second-order valence-electron chi connectivity index (χ2n) is 5.30. The second-order valence-corrected chi connectivity index (χ2v) is 5.71. The summed E-state index contributed by atoms with van der Waals surface area (Å²) in [7, 11) is 4.68. The Morgan fingerprint density at radius 3 is 2.33 bits per heavy atom. The van der Waals surface area contributed by atoms with Gasteiger partial charge in [0.1, 0.15) is 17.2 Å².